The number of H-pyrrole nitrogens is 1. The third-order valence-corrected chi connectivity index (χ3v) is 5.09. The summed E-state index contributed by atoms with van der Waals surface area (Å²) in [7, 11) is 1.27. The molecule has 0 atom stereocenters. The van der Waals surface area contributed by atoms with Gasteiger partial charge in [0.15, 0.2) is 10.9 Å². The third-order valence-electron chi connectivity index (χ3n) is 2.95. The number of aromatic nitrogens is 2. The summed E-state index contributed by atoms with van der Waals surface area (Å²) in [5, 5.41) is 0.317. The third kappa shape index (κ3) is 5.04. The summed E-state index contributed by atoms with van der Waals surface area (Å²) in [5.74, 6) is -0.310. The summed E-state index contributed by atoms with van der Waals surface area (Å²) in [6, 6.07) is 5.01. The van der Waals surface area contributed by atoms with E-state index < -0.39 is 5.97 Å². The maximum atomic E-state index is 12.1. The fraction of sp³-hybridized carbons (Fsp3) is 0.333. The van der Waals surface area contributed by atoms with Gasteiger partial charge in [0.25, 0.3) is 5.56 Å². The highest BCUT2D eigenvalue weighted by Gasteiger charge is 2.12. The molecule has 2 rings (SSSR count). The molecule has 0 aliphatic heterocycles. The Labute approximate surface area is 141 Å². The van der Waals surface area contributed by atoms with Gasteiger partial charge in [0.2, 0.25) is 0 Å². The number of nitrogens with one attached hydrogen (secondary N) is 1. The summed E-state index contributed by atoms with van der Waals surface area (Å²) in [6.07, 6.45) is 0.822. The predicted octanol–water partition coefficient (Wildman–Crippen LogP) is 2.08. The molecule has 2 heterocycles. The molecular formula is C15H16N2O4S2. The van der Waals surface area contributed by atoms with Crippen LogP contribution in [0.5, 0.6) is 0 Å². The number of methoxy groups -OCH3 is 1. The van der Waals surface area contributed by atoms with Crippen LogP contribution in [0.25, 0.3) is 0 Å². The van der Waals surface area contributed by atoms with Gasteiger partial charge in [0.1, 0.15) is 0 Å². The molecule has 2 aromatic heterocycles. The van der Waals surface area contributed by atoms with E-state index in [9.17, 15) is 14.4 Å². The standard InChI is InChI=1S/C15H16N2O4S2/c1-3-10-4-5-12(23-10)11(18)8-22-15-16-9(6-13(19)17-15)7-14(20)21-2/h4-6H,3,7-8H2,1-2H3,(H,16,17,19). The van der Waals surface area contributed by atoms with Crippen LogP contribution in [0.2, 0.25) is 0 Å². The molecule has 2 aromatic rings. The summed E-state index contributed by atoms with van der Waals surface area (Å²) in [4.78, 5) is 43.6. The summed E-state index contributed by atoms with van der Waals surface area (Å²) < 4.78 is 4.55. The average Bonchev–Trinajstić information content (AvgIpc) is 3.01. The molecule has 0 amide bonds. The maximum Gasteiger partial charge on any atom is 0.311 e. The normalized spacial score (nSPS) is 10.5. The molecule has 0 fully saturated rings. The Morgan fingerprint density at radius 2 is 2.17 bits per heavy atom. The topological polar surface area (TPSA) is 89.1 Å². The smallest absolute Gasteiger partial charge is 0.311 e. The Bertz CT molecular complexity index is 767. The molecular weight excluding hydrogens is 336 g/mol. The number of aromatic amines is 1. The molecule has 0 unspecified atom stereocenters. The SMILES string of the molecule is CCc1ccc(C(=O)CSc2nc(CC(=O)OC)cc(=O)[nH]2)s1. The summed E-state index contributed by atoms with van der Waals surface area (Å²) in [5.41, 5.74) is -0.0433. The van der Waals surface area contributed by atoms with E-state index in [4.69, 9.17) is 0 Å². The van der Waals surface area contributed by atoms with Gasteiger partial charge < -0.3 is 9.72 Å². The van der Waals surface area contributed by atoms with Crippen molar-refractivity contribution in [3.05, 3.63) is 44.0 Å². The zero-order chi connectivity index (χ0) is 16.8. The Hall–Kier alpha value is -1.93. The highest BCUT2D eigenvalue weighted by molar-refractivity contribution is 7.99. The highest BCUT2D eigenvalue weighted by atomic mass is 32.2. The first kappa shape index (κ1) is 17.4. The van der Waals surface area contributed by atoms with Crippen molar-refractivity contribution >= 4 is 34.9 Å². The molecule has 122 valence electrons. The lowest BCUT2D eigenvalue weighted by atomic mass is 10.3. The minimum absolute atomic E-state index is 0.0132. The number of nitrogens with zero attached hydrogens (tertiary/aromatic N) is 1. The van der Waals surface area contributed by atoms with Crippen molar-refractivity contribution in [3.8, 4) is 0 Å². The van der Waals surface area contributed by atoms with Crippen molar-refractivity contribution in [1.29, 1.82) is 0 Å². The first-order chi connectivity index (χ1) is 11.0. The maximum absolute atomic E-state index is 12.1. The molecule has 1 N–H and O–H groups in total. The largest absolute Gasteiger partial charge is 0.469 e. The van der Waals surface area contributed by atoms with Crippen LogP contribution in [-0.2, 0) is 22.4 Å². The van der Waals surface area contributed by atoms with E-state index in [1.165, 1.54) is 24.5 Å². The minimum Gasteiger partial charge on any atom is -0.469 e. The second-order valence-electron chi connectivity index (χ2n) is 4.63. The van der Waals surface area contributed by atoms with Gasteiger partial charge >= 0.3 is 5.97 Å². The zero-order valence-electron chi connectivity index (χ0n) is 12.8. The van der Waals surface area contributed by atoms with E-state index >= 15 is 0 Å². The van der Waals surface area contributed by atoms with Gasteiger partial charge in [-0.15, -0.1) is 11.3 Å². The number of hydrogen-bond donors (Lipinski definition) is 1. The average molecular weight is 352 g/mol. The predicted molar refractivity (Wildman–Crippen MR) is 89.3 cm³/mol. The number of hydrogen-bond acceptors (Lipinski definition) is 7. The molecule has 0 spiro atoms. The van der Waals surface area contributed by atoms with Crippen molar-refractivity contribution in [2.24, 2.45) is 0 Å². The molecule has 0 saturated carbocycles. The van der Waals surface area contributed by atoms with Gasteiger partial charge in [-0.05, 0) is 18.6 Å². The van der Waals surface area contributed by atoms with Crippen LogP contribution in [0.1, 0.15) is 27.2 Å². The number of esters is 1. The zero-order valence-corrected chi connectivity index (χ0v) is 14.4. The number of aryl methyl sites for hydroxylation is 1. The van der Waals surface area contributed by atoms with Crippen LogP contribution in [0, 0.1) is 0 Å². The summed E-state index contributed by atoms with van der Waals surface area (Å²) >= 11 is 2.62. The van der Waals surface area contributed by atoms with Crippen molar-refractivity contribution in [2.45, 2.75) is 24.9 Å². The lowest BCUT2D eigenvalue weighted by molar-refractivity contribution is -0.139. The molecule has 0 aromatic carbocycles. The number of ketones is 1. The van der Waals surface area contributed by atoms with Crippen molar-refractivity contribution < 1.29 is 14.3 Å². The molecule has 0 saturated heterocycles. The van der Waals surface area contributed by atoms with Crippen LogP contribution in [0.15, 0.2) is 28.2 Å². The molecule has 0 bridgehead atoms. The van der Waals surface area contributed by atoms with E-state index in [0.29, 0.717) is 15.7 Å². The lowest BCUT2D eigenvalue weighted by Gasteiger charge is -2.03. The quantitative estimate of drug-likeness (QED) is 0.355. The highest BCUT2D eigenvalue weighted by Crippen LogP contribution is 2.20. The van der Waals surface area contributed by atoms with E-state index in [2.05, 4.69) is 14.7 Å². The Kier molecular flexibility index (Phi) is 6.12. The van der Waals surface area contributed by atoms with Crippen LogP contribution in [0.4, 0.5) is 0 Å². The van der Waals surface area contributed by atoms with Gasteiger partial charge in [0.05, 0.1) is 29.9 Å². The first-order valence-corrected chi connectivity index (χ1v) is 8.73. The van der Waals surface area contributed by atoms with E-state index in [-0.39, 0.29) is 23.5 Å². The number of carbonyl (C=O) groups excluding carboxylic acids is 2. The van der Waals surface area contributed by atoms with Gasteiger partial charge in [-0.25, -0.2) is 4.98 Å². The van der Waals surface area contributed by atoms with E-state index in [1.54, 1.807) is 0 Å². The van der Waals surface area contributed by atoms with Crippen LogP contribution < -0.4 is 5.56 Å². The molecule has 0 aliphatic rings. The molecule has 6 nitrogen and oxygen atoms in total. The van der Waals surface area contributed by atoms with Crippen molar-refractivity contribution in [1.82, 2.24) is 9.97 Å². The van der Waals surface area contributed by atoms with Gasteiger partial charge in [-0.2, -0.15) is 0 Å². The number of rotatable bonds is 7. The minimum atomic E-state index is -0.471. The van der Waals surface area contributed by atoms with Gasteiger partial charge in [-0.1, -0.05) is 18.7 Å². The number of Topliss-reactive ketones (excluding diaryl/α,β-unsaturated/α-hetero) is 1. The summed E-state index contributed by atoms with van der Waals surface area (Å²) in [6.45, 7) is 2.04. The molecule has 0 radical (unpaired) electrons. The van der Waals surface area contributed by atoms with Crippen LogP contribution >= 0.6 is 23.1 Å². The van der Waals surface area contributed by atoms with Crippen LogP contribution in [-0.4, -0.2) is 34.6 Å². The number of thiophene rings is 1. The Morgan fingerprint density at radius 1 is 1.39 bits per heavy atom. The van der Waals surface area contributed by atoms with Crippen LogP contribution in [0.3, 0.4) is 0 Å². The Balaban J connectivity index is 2.03. The lowest BCUT2D eigenvalue weighted by Crippen LogP contribution is -2.14. The molecule has 0 aliphatic carbocycles. The monoisotopic (exact) mass is 352 g/mol. The van der Waals surface area contributed by atoms with Crippen molar-refractivity contribution in [2.75, 3.05) is 12.9 Å². The Morgan fingerprint density at radius 3 is 2.83 bits per heavy atom. The fourth-order valence-electron chi connectivity index (χ4n) is 1.79. The fourth-order valence-corrected chi connectivity index (χ4v) is 3.54. The second kappa shape index (κ2) is 8.07. The van der Waals surface area contributed by atoms with E-state index in [0.717, 1.165) is 23.1 Å². The first-order valence-electron chi connectivity index (χ1n) is 6.93. The van der Waals surface area contributed by atoms with E-state index in [1.807, 2.05) is 19.1 Å². The number of ether oxygens (including phenoxy) is 1. The molecule has 23 heavy (non-hydrogen) atoms. The van der Waals surface area contributed by atoms with Crippen molar-refractivity contribution in [3.63, 3.8) is 0 Å². The number of carbonyl (C=O) groups is 2. The van der Waals surface area contributed by atoms with Gasteiger partial charge in [0, 0.05) is 10.9 Å². The molecule has 8 heteroatoms. The van der Waals surface area contributed by atoms with Gasteiger partial charge in [-0.3, -0.25) is 14.4 Å². The second-order valence-corrected chi connectivity index (χ2v) is 6.76. The number of thioether (sulfide) groups is 1.